The molecule has 1 aliphatic carbocycles. The van der Waals surface area contributed by atoms with Gasteiger partial charge in [0.05, 0.1) is 10.7 Å². The predicted octanol–water partition coefficient (Wildman–Crippen LogP) is 2.80. The zero-order valence-corrected chi connectivity index (χ0v) is 10.4. The van der Waals surface area contributed by atoms with Crippen molar-refractivity contribution in [3.8, 4) is 0 Å². The molecule has 4 heteroatoms. The van der Waals surface area contributed by atoms with E-state index in [2.05, 4.69) is 5.32 Å². The summed E-state index contributed by atoms with van der Waals surface area (Å²) in [6, 6.07) is 7.12. The highest BCUT2D eigenvalue weighted by atomic mass is 35.5. The molecule has 0 saturated heterocycles. The minimum absolute atomic E-state index is 0.295. The highest BCUT2D eigenvalue weighted by molar-refractivity contribution is 6.33. The molecule has 2 rings (SSSR count). The summed E-state index contributed by atoms with van der Waals surface area (Å²) >= 11 is 6.07. The molecule has 0 heterocycles. The summed E-state index contributed by atoms with van der Waals surface area (Å²) in [5.74, 6) is 0.0422. The quantitative estimate of drug-likeness (QED) is 0.866. The third kappa shape index (κ3) is 2.91. The fourth-order valence-electron chi connectivity index (χ4n) is 2.46. The van der Waals surface area contributed by atoms with E-state index < -0.39 is 0 Å². The Morgan fingerprint density at radius 1 is 1.35 bits per heavy atom. The van der Waals surface area contributed by atoms with Crippen molar-refractivity contribution in [2.45, 2.75) is 31.7 Å². The molecule has 1 amide bonds. The van der Waals surface area contributed by atoms with Crippen LogP contribution in [0.3, 0.4) is 0 Å². The molecular formula is C13H17ClN2O. The molecule has 0 aliphatic heterocycles. The largest absolute Gasteiger partial charge is 0.372 e. The van der Waals surface area contributed by atoms with Crippen LogP contribution in [0.1, 0.15) is 25.7 Å². The molecule has 1 atom stereocenters. The number of hydrogen-bond donors (Lipinski definition) is 2. The summed E-state index contributed by atoms with van der Waals surface area (Å²) in [5, 5.41) is 3.80. The molecule has 0 radical (unpaired) electrons. The first-order chi connectivity index (χ1) is 8.18. The van der Waals surface area contributed by atoms with Crippen LogP contribution >= 0.6 is 11.6 Å². The van der Waals surface area contributed by atoms with Crippen molar-refractivity contribution in [3.63, 3.8) is 0 Å². The van der Waals surface area contributed by atoms with Crippen molar-refractivity contribution >= 4 is 23.2 Å². The van der Waals surface area contributed by atoms with Crippen LogP contribution in [0.25, 0.3) is 0 Å². The van der Waals surface area contributed by atoms with E-state index in [-0.39, 0.29) is 11.9 Å². The van der Waals surface area contributed by atoms with Crippen LogP contribution in [0, 0.1) is 5.92 Å². The molecule has 1 saturated carbocycles. The fourth-order valence-corrected chi connectivity index (χ4v) is 2.65. The number of nitrogens with two attached hydrogens (primary N) is 1. The monoisotopic (exact) mass is 252 g/mol. The lowest BCUT2D eigenvalue weighted by molar-refractivity contribution is -0.119. The lowest BCUT2D eigenvalue weighted by Crippen LogP contribution is -2.40. The van der Waals surface area contributed by atoms with E-state index in [0.717, 1.165) is 18.5 Å². The van der Waals surface area contributed by atoms with E-state index in [1.165, 1.54) is 12.8 Å². The molecule has 92 valence electrons. The van der Waals surface area contributed by atoms with E-state index in [4.69, 9.17) is 17.3 Å². The van der Waals surface area contributed by atoms with E-state index in [0.29, 0.717) is 10.9 Å². The summed E-state index contributed by atoms with van der Waals surface area (Å²) in [6.45, 7) is 0. The zero-order chi connectivity index (χ0) is 12.3. The Morgan fingerprint density at radius 2 is 2.00 bits per heavy atom. The summed E-state index contributed by atoms with van der Waals surface area (Å²) in [5.41, 5.74) is 6.25. The van der Waals surface area contributed by atoms with Crippen molar-refractivity contribution in [1.82, 2.24) is 0 Å². The van der Waals surface area contributed by atoms with Crippen molar-refractivity contribution in [3.05, 3.63) is 29.3 Å². The van der Waals surface area contributed by atoms with Crippen LogP contribution in [0.5, 0.6) is 0 Å². The first kappa shape index (κ1) is 12.2. The van der Waals surface area contributed by atoms with Gasteiger partial charge in [-0.05, 0) is 30.9 Å². The van der Waals surface area contributed by atoms with Crippen LogP contribution in [0.4, 0.5) is 5.69 Å². The Morgan fingerprint density at radius 3 is 2.59 bits per heavy atom. The number of benzene rings is 1. The van der Waals surface area contributed by atoms with Crippen LogP contribution < -0.4 is 11.1 Å². The Kier molecular flexibility index (Phi) is 3.89. The number of nitrogens with one attached hydrogen (secondary N) is 1. The number of anilines is 1. The topological polar surface area (TPSA) is 55.1 Å². The molecule has 3 N–H and O–H groups in total. The summed E-state index contributed by atoms with van der Waals surface area (Å²) in [7, 11) is 0. The number of carbonyl (C=O) groups is 1. The molecule has 0 bridgehead atoms. The van der Waals surface area contributed by atoms with Crippen LogP contribution in [0.2, 0.25) is 5.02 Å². The van der Waals surface area contributed by atoms with E-state index >= 15 is 0 Å². The maximum absolute atomic E-state index is 11.5. The van der Waals surface area contributed by atoms with E-state index in [1.54, 1.807) is 6.07 Å². The minimum atomic E-state index is -0.308. The second-order valence-corrected chi connectivity index (χ2v) is 4.96. The second-order valence-electron chi connectivity index (χ2n) is 4.55. The van der Waals surface area contributed by atoms with Crippen molar-refractivity contribution in [2.24, 2.45) is 11.7 Å². The Bertz CT molecular complexity index is 402. The van der Waals surface area contributed by atoms with Gasteiger partial charge in [-0.25, -0.2) is 0 Å². The smallest absolute Gasteiger partial charge is 0.240 e. The number of rotatable bonds is 4. The van der Waals surface area contributed by atoms with Crippen molar-refractivity contribution in [1.29, 1.82) is 0 Å². The number of carbonyl (C=O) groups excluding carboxylic acids is 1. The minimum Gasteiger partial charge on any atom is -0.372 e. The molecule has 0 spiro atoms. The molecule has 1 aromatic rings. The van der Waals surface area contributed by atoms with Gasteiger partial charge in [-0.3, -0.25) is 4.79 Å². The maximum atomic E-state index is 11.5. The molecule has 1 fully saturated rings. The number of primary amides is 1. The Balaban J connectivity index is 2.12. The van der Waals surface area contributed by atoms with Crippen molar-refractivity contribution in [2.75, 3.05) is 5.32 Å². The van der Waals surface area contributed by atoms with Gasteiger partial charge in [0.25, 0.3) is 0 Å². The maximum Gasteiger partial charge on any atom is 0.240 e. The van der Waals surface area contributed by atoms with Gasteiger partial charge in [-0.15, -0.1) is 0 Å². The number of halogens is 1. The van der Waals surface area contributed by atoms with Gasteiger partial charge in [0.2, 0.25) is 5.91 Å². The third-order valence-corrected chi connectivity index (χ3v) is 3.69. The van der Waals surface area contributed by atoms with Crippen LogP contribution in [-0.4, -0.2) is 11.9 Å². The molecular weight excluding hydrogens is 236 g/mol. The predicted molar refractivity (Wildman–Crippen MR) is 70.0 cm³/mol. The summed E-state index contributed by atoms with van der Waals surface area (Å²) in [6.07, 6.45) is 4.48. The molecule has 3 nitrogen and oxygen atoms in total. The lowest BCUT2D eigenvalue weighted by Gasteiger charge is -2.23. The van der Waals surface area contributed by atoms with Crippen molar-refractivity contribution < 1.29 is 4.79 Å². The number of hydrogen-bond acceptors (Lipinski definition) is 2. The van der Waals surface area contributed by atoms with Gasteiger partial charge >= 0.3 is 0 Å². The van der Waals surface area contributed by atoms with Gasteiger partial charge in [0, 0.05) is 0 Å². The number of para-hydroxylation sites is 1. The van der Waals surface area contributed by atoms with E-state index in [9.17, 15) is 4.79 Å². The first-order valence-electron chi connectivity index (χ1n) is 5.99. The van der Waals surface area contributed by atoms with Crippen LogP contribution in [0.15, 0.2) is 24.3 Å². The van der Waals surface area contributed by atoms with Gasteiger partial charge < -0.3 is 11.1 Å². The average Bonchev–Trinajstić information content (AvgIpc) is 2.81. The first-order valence-corrected chi connectivity index (χ1v) is 6.36. The lowest BCUT2D eigenvalue weighted by atomic mass is 9.97. The third-order valence-electron chi connectivity index (χ3n) is 3.36. The highest BCUT2D eigenvalue weighted by Gasteiger charge is 2.29. The molecule has 1 unspecified atom stereocenters. The van der Waals surface area contributed by atoms with Gasteiger partial charge in [-0.1, -0.05) is 36.6 Å². The molecule has 0 aromatic heterocycles. The zero-order valence-electron chi connectivity index (χ0n) is 9.66. The second kappa shape index (κ2) is 5.41. The normalized spacial score (nSPS) is 17.9. The molecule has 17 heavy (non-hydrogen) atoms. The highest BCUT2D eigenvalue weighted by Crippen LogP contribution is 2.31. The van der Waals surface area contributed by atoms with E-state index in [1.807, 2.05) is 18.2 Å². The molecule has 1 aliphatic rings. The fraction of sp³-hybridized carbons (Fsp3) is 0.462. The number of amides is 1. The van der Waals surface area contributed by atoms with Gasteiger partial charge in [0.15, 0.2) is 0 Å². The van der Waals surface area contributed by atoms with Crippen LogP contribution in [-0.2, 0) is 4.79 Å². The molecule has 1 aromatic carbocycles. The Labute approximate surface area is 106 Å². The van der Waals surface area contributed by atoms with Gasteiger partial charge in [0.1, 0.15) is 6.04 Å². The van der Waals surface area contributed by atoms with Gasteiger partial charge in [-0.2, -0.15) is 0 Å². The SMILES string of the molecule is NC(=O)C(Nc1ccccc1Cl)C1CCCC1. The standard InChI is InChI=1S/C13H17ClN2O/c14-10-7-3-4-8-11(10)16-12(13(15)17)9-5-1-2-6-9/h3-4,7-9,12,16H,1-2,5-6H2,(H2,15,17). The Hall–Kier alpha value is -1.22. The average molecular weight is 253 g/mol. The summed E-state index contributed by atoms with van der Waals surface area (Å²) in [4.78, 5) is 11.5. The summed E-state index contributed by atoms with van der Waals surface area (Å²) < 4.78 is 0.